The molecule has 0 N–H and O–H groups in total. The van der Waals surface area contributed by atoms with Crippen LogP contribution in [0.15, 0.2) is 67.3 Å². The number of rotatable bonds is 10. The van der Waals surface area contributed by atoms with E-state index in [9.17, 15) is 0 Å². The number of hydrogen-bond donors (Lipinski definition) is 0. The summed E-state index contributed by atoms with van der Waals surface area (Å²) >= 11 is 0. The Kier molecular flexibility index (Phi) is 7.53. The molecule has 0 amide bonds. The van der Waals surface area contributed by atoms with E-state index in [1.807, 2.05) is 55.5 Å². The highest BCUT2D eigenvalue weighted by atomic mass is 16.5. The van der Waals surface area contributed by atoms with Gasteiger partial charge in [-0.1, -0.05) is 48.5 Å². The molecular weight excluding hydrogens is 300 g/mol. The second kappa shape index (κ2) is 9.91. The Bertz CT molecular complexity index is 592. The zero-order valence-electron chi connectivity index (χ0n) is 14.5. The van der Waals surface area contributed by atoms with Crippen molar-refractivity contribution in [2.45, 2.75) is 38.8 Å². The molecule has 0 bridgehead atoms. The fraction of sp³-hybridized carbons (Fsp3) is 0.333. The molecule has 2 aromatic rings. The van der Waals surface area contributed by atoms with Crippen LogP contribution < -0.4 is 4.74 Å². The molecule has 0 fully saturated rings. The maximum absolute atomic E-state index is 6.06. The summed E-state index contributed by atoms with van der Waals surface area (Å²) in [5.41, 5.74) is 2.27. The van der Waals surface area contributed by atoms with Gasteiger partial charge in [-0.3, -0.25) is 0 Å². The molecule has 0 aliphatic carbocycles. The molecule has 24 heavy (non-hydrogen) atoms. The van der Waals surface area contributed by atoms with Crippen LogP contribution >= 0.6 is 0 Å². The van der Waals surface area contributed by atoms with Crippen LogP contribution in [0.5, 0.6) is 5.75 Å². The van der Waals surface area contributed by atoms with E-state index >= 15 is 0 Å². The van der Waals surface area contributed by atoms with Gasteiger partial charge in [-0.2, -0.15) is 0 Å². The van der Waals surface area contributed by atoms with Crippen LogP contribution in [0.2, 0.25) is 0 Å². The highest BCUT2D eigenvalue weighted by molar-refractivity contribution is 5.26. The van der Waals surface area contributed by atoms with Crippen molar-refractivity contribution in [3.8, 4) is 5.75 Å². The maximum atomic E-state index is 6.06. The van der Waals surface area contributed by atoms with Gasteiger partial charge in [0.2, 0.25) is 0 Å². The van der Waals surface area contributed by atoms with Gasteiger partial charge in [0.05, 0.1) is 32.5 Å². The Balaban J connectivity index is 1.86. The monoisotopic (exact) mass is 326 g/mol. The molecule has 0 radical (unpaired) electrons. The molecule has 0 saturated carbocycles. The van der Waals surface area contributed by atoms with E-state index in [4.69, 9.17) is 14.2 Å². The molecule has 0 aliphatic heterocycles. The molecule has 2 atom stereocenters. The molecule has 0 aliphatic rings. The largest absolute Gasteiger partial charge is 0.497 e. The molecule has 0 aromatic heterocycles. The first-order valence-corrected chi connectivity index (χ1v) is 8.24. The summed E-state index contributed by atoms with van der Waals surface area (Å²) in [5.74, 6) is 0.848. The number of hydrogen-bond acceptors (Lipinski definition) is 3. The third-order valence-electron chi connectivity index (χ3n) is 3.90. The molecule has 128 valence electrons. The molecule has 2 rings (SSSR count). The van der Waals surface area contributed by atoms with Gasteiger partial charge in [-0.15, -0.1) is 6.58 Å². The molecule has 1 unspecified atom stereocenters. The van der Waals surface area contributed by atoms with Gasteiger partial charge in [0.1, 0.15) is 5.75 Å². The molecule has 0 spiro atoms. The molecular formula is C21H26O3. The Morgan fingerprint density at radius 3 is 2.17 bits per heavy atom. The lowest BCUT2D eigenvalue weighted by Crippen LogP contribution is -2.28. The normalized spacial score (nSPS) is 13.2. The van der Waals surface area contributed by atoms with E-state index < -0.39 is 0 Å². The van der Waals surface area contributed by atoms with E-state index in [1.165, 1.54) is 0 Å². The van der Waals surface area contributed by atoms with Crippen molar-refractivity contribution in [2.24, 2.45) is 0 Å². The molecule has 3 nitrogen and oxygen atoms in total. The fourth-order valence-corrected chi connectivity index (χ4v) is 2.39. The predicted molar refractivity (Wildman–Crippen MR) is 97.1 cm³/mol. The first kappa shape index (κ1) is 18.2. The lowest BCUT2D eigenvalue weighted by Gasteiger charge is -2.24. The van der Waals surface area contributed by atoms with Gasteiger partial charge in [-0.25, -0.2) is 0 Å². The van der Waals surface area contributed by atoms with Crippen molar-refractivity contribution in [3.63, 3.8) is 0 Å². The fourth-order valence-electron chi connectivity index (χ4n) is 2.39. The van der Waals surface area contributed by atoms with Gasteiger partial charge in [0, 0.05) is 0 Å². The Hall–Kier alpha value is -2.10. The number of benzene rings is 2. The Morgan fingerprint density at radius 1 is 0.917 bits per heavy atom. The van der Waals surface area contributed by atoms with E-state index in [-0.39, 0.29) is 12.2 Å². The first-order chi connectivity index (χ1) is 11.7. The van der Waals surface area contributed by atoms with Crippen LogP contribution in [-0.2, 0) is 22.7 Å². The summed E-state index contributed by atoms with van der Waals surface area (Å²) in [5, 5.41) is 0. The van der Waals surface area contributed by atoms with Crippen molar-refractivity contribution in [2.75, 3.05) is 7.11 Å². The van der Waals surface area contributed by atoms with Gasteiger partial charge in [-0.05, 0) is 36.6 Å². The minimum Gasteiger partial charge on any atom is -0.497 e. The summed E-state index contributed by atoms with van der Waals surface area (Å²) in [6, 6.07) is 18.1. The number of methoxy groups -OCH3 is 1. The van der Waals surface area contributed by atoms with Crippen molar-refractivity contribution in [1.82, 2.24) is 0 Å². The summed E-state index contributed by atoms with van der Waals surface area (Å²) in [6.45, 7) is 7.00. The smallest absolute Gasteiger partial charge is 0.118 e. The molecule has 2 aromatic carbocycles. The highest BCUT2D eigenvalue weighted by Gasteiger charge is 2.17. The van der Waals surface area contributed by atoms with Crippen LogP contribution in [0, 0.1) is 0 Å². The van der Waals surface area contributed by atoms with Gasteiger partial charge >= 0.3 is 0 Å². The van der Waals surface area contributed by atoms with Gasteiger partial charge in [0.25, 0.3) is 0 Å². The standard InChI is InChI=1S/C21H26O3/c1-4-8-21(17(2)23-15-18-9-6-5-7-10-18)24-16-19-11-13-20(22-3)14-12-19/h4-7,9-14,17,21H,1,8,15-16H2,2-3H3/t17-,21?/m1/s1. The van der Waals surface area contributed by atoms with Crippen molar-refractivity contribution in [1.29, 1.82) is 0 Å². The van der Waals surface area contributed by atoms with Crippen LogP contribution in [-0.4, -0.2) is 19.3 Å². The van der Waals surface area contributed by atoms with Crippen LogP contribution in [0.4, 0.5) is 0 Å². The van der Waals surface area contributed by atoms with Crippen LogP contribution in [0.3, 0.4) is 0 Å². The lowest BCUT2D eigenvalue weighted by atomic mass is 10.1. The van der Waals surface area contributed by atoms with E-state index in [1.54, 1.807) is 7.11 Å². The lowest BCUT2D eigenvalue weighted by molar-refractivity contribution is -0.0756. The van der Waals surface area contributed by atoms with E-state index in [0.29, 0.717) is 13.2 Å². The molecule has 0 heterocycles. The first-order valence-electron chi connectivity index (χ1n) is 8.24. The summed E-state index contributed by atoms with van der Waals surface area (Å²) in [6.07, 6.45) is 2.60. The Morgan fingerprint density at radius 2 is 1.54 bits per heavy atom. The number of ether oxygens (including phenoxy) is 3. The topological polar surface area (TPSA) is 27.7 Å². The highest BCUT2D eigenvalue weighted by Crippen LogP contribution is 2.16. The summed E-state index contributed by atoms with van der Waals surface area (Å²) in [4.78, 5) is 0. The van der Waals surface area contributed by atoms with Crippen molar-refractivity contribution >= 4 is 0 Å². The average Bonchev–Trinajstić information content (AvgIpc) is 2.64. The third-order valence-corrected chi connectivity index (χ3v) is 3.90. The predicted octanol–water partition coefficient (Wildman–Crippen LogP) is 4.76. The summed E-state index contributed by atoms with van der Waals surface area (Å²) in [7, 11) is 1.66. The summed E-state index contributed by atoms with van der Waals surface area (Å²) < 4.78 is 17.2. The quantitative estimate of drug-likeness (QED) is 0.589. The second-order valence-corrected chi connectivity index (χ2v) is 5.72. The zero-order valence-corrected chi connectivity index (χ0v) is 14.5. The molecule has 0 saturated heterocycles. The van der Waals surface area contributed by atoms with Gasteiger partial charge < -0.3 is 14.2 Å². The third kappa shape index (κ3) is 5.84. The molecule has 3 heteroatoms. The SMILES string of the molecule is C=CCC(OCc1ccc(OC)cc1)[C@@H](C)OCc1ccccc1. The van der Waals surface area contributed by atoms with Crippen LogP contribution in [0.25, 0.3) is 0 Å². The zero-order chi connectivity index (χ0) is 17.2. The van der Waals surface area contributed by atoms with Crippen molar-refractivity contribution in [3.05, 3.63) is 78.4 Å². The minimum absolute atomic E-state index is 0.0125. The van der Waals surface area contributed by atoms with Crippen LogP contribution in [0.1, 0.15) is 24.5 Å². The maximum Gasteiger partial charge on any atom is 0.118 e. The second-order valence-electron chi connectivity index (χ2n) is 5.72. The van der Waals surface area contributed by atoms with E-state index in [0.717, 1.165) is 23.3 Å². The average molecular weight is 326 g/mol. The Labute approximate surface area is 144 Å². The van der Waals surface area contributed by atoms with Crippen molar-refractivity contribution < 1.29 is 14.2 Å². The van der Waals surface area contributed by atoms with E-state index in [2.05, 4.69) is 18.7 Å². The minimum atomic E-state index is -0.0201. The van der Waals surface area contributed by atoms with Gasteiger partial charge in [0.15, 0.2) is 0 Å².